The lowest BCUT2D eigenvalue weighted by molar-refractivity contribution is 0.0535. The zero-order valence-electron chi connectivity index (χ0n) is 17.5. The van der Waals surface area contributed by atoms with Crippen molar-refractivity contribution in [2.75, 3.05) is 13.1 Å². The lowest BCUT2D eigenvalue weighted by Gasteiger charge is -2.42. The molecule has 0 bridgehead atoms. The molecule has 1 aliphatic rings. The molecule has 3 aromatic rings. The van der Waals surface area contributed by atoms with Crippen molar-refractivity contribution in [3.63, 3.8) is 0 Å². The molecule has 4 rings (SSSR count). The predicted octanol–water partition coefficient (Wildman–Crippen LogP) is 4.16. The first kappa shape index (κ1) is 24.1. The molecule has 0 aliphatic carbocycles. The van der Waals surface area contributed by atoms with Gasteiger partial charge in [-0.25, -0.2) is 9.67 Å². The summed E-state index contributed by atoms with van der Waals surface area (Å²) in [6.07, 6.45) is 2.57. The molecule has 0 spiro atoms. The fraction of sp³-hybridized carbons (Fsp3) is 0.409. The number of rotatable bonds is 3. The van der Waals surface area contributed by atoms with Crippen LogP contribution in [0, 0.1) is 5.41 Å². The minimum Gasteiger partial charge on any atom is -0.338 e. The maximum absolute atomic E-state index is 13.5. The number of nitrogens with zero attached hydrogens (tertiary/aromatic N) is 4. The van der Waals surface area contributed by atoms with Gasteiger partial charge in [0.15, 0.2) is 5.65 Å². The second kappa shape index (κ2) is 9.33. The zero-order valence-corrected chi connectivity index (χ0v) is 19.2. The maximum Gasteiger partial charge on any atom is 0.254 e. The molecule has 0 radical (unpaired) electrons. The summed E-state index contributed by atoms with van der Waals surface area (Å²) in [6, 6.07) is 12.0. The number of fused-ring (bicyclic) bond motifs is 1. The smallest absolute Gasteiger partial charge is 0.254 e. The van der Waals surface area contributed by atoms with Crippen molar-refractivity contribution in [2.24, 2.45) is 11.1 Å². The average Bonchev–Trinajstić information content (AvgIpc) is 3.12. The predicted molar refractivity (Wildman–Crippen MR) is 125 cm³/mol. The number of aryl methyl sites for hydroxylation is 1. The molecule has 30 heavy (non-hydrogen) atoms. The van der Waals surface area contributed by atoms with Crippen LogP contribution < -0.4 is 5.73 Å². The van der Waals surface area contributed by atoms with Crippen molar-refractivity contribution in [3.8, 4) is 11.3 Å². The number of carbonyl (C=O) groups excluding carboxylic acids is 1. The number of pyridine rings is 1. The van der Waals surface area contributed by atoms with Gasteiger partial charge in [0.1, 0.15) is 0 Å². The molecule has 0 saturated carbocycles. The highest BCUT2D eigenvalue weighted by molar-refractivity contribution is 6.06. The Bertz CT molecular complexity index is 1020. The summed E-state index contributed by atoms with van der Waals surface area (Å²) in [4.78, 5) is 20.3. The van der Waals surface area contributed by atoms with E-state index in [0.29, 0.717) is 25.2 Å². The summed E-state index contributed by atoms with van der Waals surface area (Å²) in [7, 11) is 0. The molecule has 1 aromatic carbocycles. The van der Waals surface area contributed by atoms with Crippen LogP contribution >= 0.6 is 24.8 Å². The van der Waals surface area contributed by atoms with Crippen LogP contribution in [0.1, 0.15) is 37.6 Å². The molecule has 3 heterocycles. The van der Waals surface area contributed by atoms with Gasteiger partial charge in [0, 0.05) is 31.2 Å². The van der Waals surface area contributed by atoms with Crippen molar-refractivity contribution >= 4 is 41.8 Å². The van der Waals surface area contributed by atoms with Gasteiger partial charge in [-0.1, -0.05) is 44.2 Å². The van der Waals surface area contributed by atoms with E-state index in [1.807, 2.05) is 52.9 Å². The summed E-state index contributed by atoms with van der Waals surface area (Å²) in [6.45, 7) is 8.32. The van der Waals surface area contributed by atoms with Crippen LogP contribution in [0.3, 0.4) is 0 Å². The fourth-order valence-electron chi connectivity index (χ4n) is 3.93. The summed E-state index contributed by atoms with van der Waals surface area (Å²) in [5, 5.41) is 5.25. The Morgan fingerprint density at radius 3 is 2.57 bits per heavy atom. The summed E-state index contributed by atoms with van der Waals surface area (Å²) >= 11 is 0. The molecule has 1 fully saturated rings. The molecule has 1 atom stereocenters. The van der Waals surface area contributed by atoms with Gasteiger partial charge in [0.25, 0.3) is 5.91 Å². The molecule has 2 aromatic heterocycles. The number of benzene rings is 1. The van der Waals surface area contributed by atoms with Crippen LogP contribution in [-0.4, -0.2) is 44.7 Å². The molecule has 1 aliphatic heterocycles. The van der Waals surface area contributed by atoms with E-state index in [4.69, 9.17) is 10.7 Å². The summed E-state index contributed by atoms with van der Waals surface area (Å²) in [5.41, 5.74) is 9.36. The van der Waals surface area contributed by atoms with E-state index in [-0.39, 0.29) is 42.2 Å². The van der Waals surface area contributed by atoms with Crippen molar-refractivity contribution < 1.29 is 4.79 Å². The largest absolute Gasteiger partial charge is 0.338 e. The standard InChI is InChI=1S/C22H27N5O.2ClH/c1-4-27-20-17(13-24-27)16(12-18(25-20)15-8-6-5-7-9-15)21(28)26-11-10-19(23)22(2,3)14-26;;/h5-9,12-13,19H,4,10-11,14,23H2,1-3H3;2*1H. The molecule has 8 heteroatoms. The Morgan fingerprint density at radius 1 is 1.23 bits per heavy atom. The average molecular weight is 450 g/mol. The van der Waals surface area contributed by atoms with Gasteiger partial charge in [-0.2, -0.15) is 5.10 Å². The minimum atomic E-state index is -0.101. The lowest BCUT2D eigenvalue weighted by atomic mass is 9.79. The van der Waals surface area contributed by atoms with Gasteiger partial charge in [-0.3, -0.25) is 4.79 Å². The number of aromatic nitrogens is 3. The molecule has 162 valence electrons. The van der Waals surface area contributed by atoms with E-state index in [9.17, 15) is 4.79 Å². The Morgan fingerprint density at radius 2 is 1.93 bits per heavy atom. The fourth-order valence-corrected chi connectivity index (χ4v) is 3.93. The number of carbonyl (C=O) groups is 1. The van der Waals surface area contributed by atoms with Crippen LogP contribution in [-0.2, 0) is 6.54 Å². The van der Waals surface area contributed by atoms with E-state index in [2.05, 4.69) is 18.9 Å². The molecular formula is C22H29Cl2N5O. The summed E-state index contributed by atoms with van der Waals surface area (Å²) < 4.78 is 1.84. The van der Waals surface area contributed by atoms with E-state index in [0.717, 1.165) is 28.7 Å². The van der Waals surface area contributed by atoms with Crippen molar-refractivity contribution in [1.82, 2.24) is 19.7 Å². The number of amides is 1. The number of hydrogen-bond acceptors (Lipinski definition) is 4. The Hall–Kier alpha value is -2.15. The minimum absolute atomic E-state index is 0. The first-order valence-electron chi connectivity index (χ1n) is 9.87. The molecule has 2 N–H and O–H groups in total. The monoisotopic (exact) mass is 449 g/mol. The highest BCUT2D eigenvalue weighted by Crippen LogP contribution is 2.31. The third-order valence-electron chi connectivity index (χ3n) is 5.81. The molecule has 1 unspecified atom stereocenters. The molecule has 1 saturated heterocycles. The Labute approximate surface area is 189 Å². The van der Waals surface area contributed by atoms with Gasteiger partial charge in [0.05, 0.1) is 22.8 Å². The third-order valence-corrected chi connectivity index (χ3v) is 5.81. The van der Waals surface area contributed by atoms with Crippen LogP contribution in [0.4, 0.5) is 0 Å². The van der Waals surface area contributed by atoms with E-state index in [1.54, 1.807) is 6.20 Å². The van der Waals surface area contributed by atoms with Gasteiger partial charge < -0.3 is 10.6 Å². The highest BCUT2D eigenvalue weighted by atomic mass is 35.5. The SMILES string of the molecule is CCn1ncc2c(C(=O)N3CCC(N)C(C)(C)C3)cc(-c3ccccc3)nc21.Cl.Cl. The molecule has 6 nitrogen and oxygen atoms in total. The van der Waals surface area contributed by atoms with E-state index >= 15 is 0 Å². The van der Waals surface area contributed by atoms with E-state index in [1.165, 1.54) is 0 Å². The number of likely N-dealkylation sites (tertiary alicyclic amines) is 1. The number of piperidine rings is 1. The van der Waals surface area contributed by atoms with E-state index < -0.39 is 0 Å². The van der Waals surface area contributed by atoms with Crippen molar-refractivity contribution in [3.05, 3.63) is 48.2 Å². The zero-order chi connectivity index (χ0) is 19.9. The first-order valence-corrected chi connectivity index (χ1v) is 9.87. The first-order chi connectivity index (χ1) is 13.4. The summed E-state index contributed by atoms with van der Waals surface area (Å²) in [5.74, 6) is 0.0280. The van der Waals surface area contributed by atoms with Crippen LogP contribution in [0.15, 0.2) is 42.6 Å². The van der Waals surface area contributed by atoms with Crippen molar-refractivity contribution in [1.29, 1.82) is 0 Å². The maximum atomic E-state index is 13.5. The second-order valence-corrected chi connectivity index (χ2v) is 8.23. The van der Waals surface area contributed by atoms with Gasteiger partial charge in [0.2, 0.25) is 0 Å². The Balaban J connectivity index is 0.00000160. The lowest BCUT2D eigenvalue weighted by Crippen LogP contribution is -2.54. The molecule has 1 amide bonds. The van der Waals surface area contributed by atoms with Crippen molar-refractivity contribution in [2.45, 2.75) is 39.8 Å². The quantitative estimate of drug-likeness (QED) is 0.650. The van der Waals surface area contributed by atoms with Gasteiger partial charge in [-0.05, 0) is 24.8 Å². The number of hydrogen-bond donors (Lipinski definition) is 1. The van der Waals surface area contributed by atoms with Crippen LogP contribution in [0.2, 0.25) is 0 Å². The topological polar surface area (TPSA) is 77.0 Å². The number of halogens is 2. The van der Waals surface area contributed by atoms with Crippen LogP contribution in [0.5, 0.6) is 0 Å². The van der Waals surface area contributed by atoms with Gasteiger partial charge >= 0.3 is 0 Å². The molecular weight excluding hydrogens is 421 g/mol. The normalized spacial score (nSPS) is 17.9. The third kappa shape index (κ3) is 4.31. The highest BCUT2D eigenvalue weighted by Gasteiger charge is 2.36. The Kier molecular flexibility index (Phi) is 7.50. The van der Waals surface area contributed by atoms with Gasteiger partial charge in [-0.15, -0.1) is 24.8 Å². The number of nitrogens with two attached hydrogens (primary N) is 1. The second-order valence-electron chi connectivity index (χ2n) is 8.23. The van der Waals surface area contributed by atoms with Crippen LogP contribution in [0.25, 0.3) is 22.3 Å².